The van der Waals surface area contributed by atoms with Crippen molar-refractivity contribution in [3.63, 3.8) is 0 Å². The first-order valence-electron chi connectivity index (χ1n) is 8.63. The molecule has 1 atom stereocenters. The van der Waals surface area contributed by atoms with E-state index in [0.717, 1.165) is 12.2 Å². The summed E-state index contributed by atoms with van der Waals surface area (Å²) in [6, 6.07) is 5.90. The molecule has 0 radical (unpaired) electrons. The molecular weight excluding hydrogens is 292 g/mol. The third-order valence-electron chi connectivity index (χ3n) is 5.63. The smallest absolute Gasteiger partial charge is 0.399 e. The molecule has 0 aromatic heterocycles. The number of hydrogen-bond donors (Lipinski definition) is 0. The average molecular weight is 319 g/mol. The normalized spacial score (nSPS) is 26.6. The minimum absolute atomic E-state index is 0.251. The highest BCUT2D eigenvalue weighted by atomic mass is 19.1. The molecule has 2 aliphatic rings. The summed E-state index contributed by atoms with van der Waals surface area (Å²) in [6.45, 7) is 11.1. The quantitative estimate of drug-likeness (QED) is 0.779. The van der Waals surface area contributed by atoms with E-state index in [-0.39, 0.29) is 5.82 Å². The molecule has 2 aliphatic heterocycles. The molecular formula is C18H27BFNO2. The molecule has 0 spiro atoms. The van der Waals surface area contributed by atoms with Crippen molar-refractivity contribution in [1.82, 2.24) is 0 Å². The monoisotopic (exact) mass is 319 g/mol. The van der Waals surface area contributed by atoms with E-state index < -0.39 is 18.3 Å². The number of benzene rings is 1. The second-order valence-corrected chi connectivity index (χ2v) is 7.83. The van der Waals surface area contributed by atoms with Crippen molar-refractivity contribution in [2.75, 3.05) is 11.4 Å². The number of piperidine rings is 1. The van der Waals surface area contributed by atoms with Crippen LogP contribution in [-0.4, -0.2) is 30.9 Å². The minimum Gasteiger partial charge on any atom is -0.399 e. The SMILES string of the molecule is C[C@H]1CCCCN1c1ccc(B2OC(C)(C)C(C)(C)O2)c(F)c1. The van der Waals surface area contributed by atoms with E-state index in [1.165, 1.54) is 19.3 Å². The van der Waals surface area contributed by atoms with Gasteiger partial charge in [0, 0.05) is 23.7 Å². The van der Waals surface area contributed by atoms with Crippen LogP contribution in [-0.2, 0) is 9.31 Å². The fraction of sp³-hybridized carbons (Fsp3) is 0.667. The fourth-order valence-electron chi connectivity index (χ4n) is 3.34. The largest absolute Gasteiger partial charge is 0.497 e. The van der Waals surface area contributed by atoms with Crippen LogP contribution in [0.1, 0.15) is 53.9 Å². The van der Waals surface area contributed by atoms with Crippen molar-refractivity contribution >= 4 is 18.3 Å². The van der Waals surface area contributed by atoms with Gasteiger partial charge in [0.15, 0.2) is 0 Å². The predicted molar refractivity (Wildman–Crippen MR) is 92.8 cm³/mol. The van der Waals surface area contributed by atoms with Crippen molar-refractivity contribution < 1.29 is 13.7 Å². The molecule has 0 amide bonds. The maximum atomic E-state index is 14.7. The molecule has 2 fully saturated rings. The van der Waals surface area contributed by atoms with Crippen LogP contribution < -0.4 is 10.4 Å². The molecule has 23 heavy (non-hydrogen) atoms. The third kappa shape index (κ3) is 3.01. The zero-order chi connectivity index (χ0) is 16.8. The summed E-state index contributed by atoms with van der Waals surface area (Å²) < 4.78 is 26.6. The topological polar surface area (TPSA) is 21.7 Å². The molecule has 3 rings (SSSR count). The van der Waals surface area contributed by atoms with Gasteiger partial charge in [0.05, 0.1) is 11.2 Å². The molecule has 1 aromatic rings. The van der Waals surface area contributed by atoms with Gasteiger partial charge >= 0.3 is 7.12 Å². The minimum atomic E-state index is -0.646. The summed E-state index contributed by atoms with van der Waals surface area (Å²) in [5.74, 6) is -0.251. The number of anilines is 1. The van der Waals surface area contributed by atoms with E-state index >= 15 is 0 Å². The van der Waals surface area contributed by atoms with Crippen LogP contribution >= 0.6 is 0 Å². The van der Waals surface area contributed by atoms with Gasteiger partial charge in [-0.05, 0) is 66.0 Å². The lowest BCUT2D eigenvalue weighted by molar-refractivity contribution is 0.00578. The zero-order valence-corrected chi connectivity index (χ0v) is 14.9. The van der Waals surface area contributed by atoms with Gasteiger partial charge in [-0.2, -0.15) is 0 Å². The highest BCUT2D eigenvalue weighted by Crippen LogP contribution is 2.37. The Kier molecular flexibility index (Phi) is 4.22. The second-order valence-electron chi connectivity index (χ2n) is 7.83. The van der Waals surface area contributed by atoms with Crippen molar-refractivity contribution in [2.24, 2.45) is 0 Å². The standard InChI is InChI=1S/C18H27BFNO2/c1-13-8-6-7-11-21(13)14-9-10-15(16(20)12-14)19-22-17(2,3)18(4,5)23-19/h9-10,12-13H,6-8,11H2,1-5H3/t13-/m0/s1. The van der Waals surface area contributed by atoms with E-state index in [9.17, 15) is 4.39 Å². The van der Waals surface area contributed by atoms with Crippen molar-refractivity contribution in [1.29, 1.82) is 0 Å². The van der Waals surface area contributed by atoms with E-state index in [2.05, 4.69) is 11.8 Å². The Labute approximate surface area is 139 Å². The van der Waals surface area contributed by atoms with E-state index in [1.807, 2.05) is 39.8 Å². The molecule has 0 saturated carbocycles. The van der Waals surface area contributed by atoms with Crippen LogP contribution in [0.2, 0.25) is 0 Å². The second kappa shape index (κ2) is 5.78. The Morgan fingerprint density at radius 2 is 1.78 bits per heavy atom. The van der Waals surface area contributed by atoms with Crippen molar-refractivity contribution in [3.8, 4) is 0 Å². The van der Waals surface area contributed by atoms with Crippen molar-refractivity contribution in [2.45, 2.75) is 71.1 Å². The maximum absolute atomic E-state index is 14.7. The molecule has 0 unspecified atom stereocenters. The Morgan fingerprint density at radius 1 is 1.13 bits per heavy atom. The lowest BCUT2D eigenvalue weighted by atomic mass is 9.78. The molecule has 3 nitrogen and oxygen atoms in total. The van der Waals surface area contributed by atoms with E-state index in [0.29, 0.717) is 11.5 Å². The van der Waals surface area contributed by atoms with Crippen LogP contribution in [0.15, 0.2) is 18.2 Å². The predicted octanol–water partition coefficient (Wildman–Crippen LogP) is 3.50. The molecule has 5 heteroatoms. The number of rotatable bonds is 2. The molecule has 0 bridgehead atoms. The number of nitrogens with zero attached hydrogens (tertiary/aromatic N) is 1. The summed E-state index contributed by atoms with van der Waals surface area (Å²) >= 11 is 0. The van der Waals surface area contributed by atoms with Crippen LogP contribution in [0.3, 0.4) is 0 Å². The van der Waals surface area contributed by atoms with Gasteiger partial charge < -0.3 is 14.2 Å². The molecule has 2 heterocycles. The van der Waals surface area contributed by atoms with Gasteiger partial charge in [-0.15, -0.1) is 0 Å². The maximum Gasteiger partial charge on any atom is 0.497 e. The fourth-order valence-corrected chi connectivity index (χ4v) is 3.34. The Morgan fingerprint density at radius 3 is 2.35 bits per heavy atom. The Balaban J connectivity index is 1.83. The summed E-state index contributed by atoms with van der Waals surface area (Å²) in [5.41, 5.74) is 0.529. The molecule has 126 valence electrons. The van der Waals surface area contributed by atoms with Gasteiger partial charge in [-0.1, -0.05) is 6.07 Å². The van der Waals surface area contributed by atoms with Crippen LogP contribution in [0.4, 0.5) is 10.1 Å². The summed E-state index contributed by atoms with van der Waals surface area (Å²) in [5, 5.41) is 0. The van der Waals surface area contributed by atoms with Crippen LogP contribution in [0.25, 0.3) is 0 Å². The van der Waals surface area contributed by atoms with Gasteiger partial charge in [0.25, 0.3) is 0 Å². The first-order valence-corrected chi connectivity index (χ1v) is 8.63. The highest BCUT2D eigenvalue weighted by molar-refractivity contribution is 6.62. The number of hydrogen-bond acceptors (Lipinski definition) is 3. The van der Waals surface area contributed by atoms with Crippen molar-refractivity contribution in [3.05, 3.63) is 24.0 Å². The average Bonchev–Trinajstić information content (AvgIpc) is 2.67. The summed E-state index contributed by atoms with van der Waals surface area (Å²) in [7, 11) is -0.646. The van der Waals surface area contributed by atoms with Crippen LogP contribution in [0.5, 0.6) is 0 Å². The van der Waals surface area contributed by atoms with Crippen LogP contribution in [0, 0.1) is 5.82 Å². The summed E-state index contributed by atoms with van der Waals surface area (Å²) in [4.78, 5) is 2.29. The molecule has 1 aromatic carbocycles. The lowest BCUT2D eigenvalue weighted by Crippen LogP contribution is -2.41. The van der Waals surface area contributed by atoms with E-state index in [4.69, 9.17) is 9.31 Å². The Hall–Kier alpha value is -1.07. The lowest BCUT2D eigenvalue weighted by Gasteiger charge is -2.35. The summed E-state index contributed by atoms with van der Waals surface area (Å²) in [6.07, 6.45) is 3.59. The van der Waals surface area contributed by atoms with Gasteiger partial charge in [-0.3, -0.25) is 0 Å². The first-order chi connectivity index (χ1) is 10.7. The zero-order valence-electron chi connectivity index (χ0n) is 14.9. The Bertz CT molecular complexity index is 574. The molecule has 0 aliphatic carbocycles. The van der Waals surface area contributed by atoms with Gasteiger partial charge in [0.2, 0.25) is 0 Å². The van der Waals surface area contributed by atoms with Gasteiger partial charge in [0.1, 0.15) is 5.82 Å². The van der Waals surface area contributed by atoms with Gasteiger partial charge in [-0.25, -0.2) is 4.39 Å². The third-order valence-corrected chi connectivity index (χ3v) is 5.63. The molecule has 0 N–H and O–H groups in total. The first kappa shape index (κ1) is 16.8. The van der Waals surface area contributed by atoms with E-state index in [1.54, 1.807) is 6.07 Å². The number of halogens is 1. The molecule has 2 saturated heterocycles. The highest BCUT2D eigenvalue weighted by Gasteiger charge is 2.52.